The maximum atomic E-state index is 14.9. The molecule has 2 amide bonds. The van der Waals surface area contributed by atoms with Gasteiger partial charge in [-0.3, -0.25) is 9.59 Å². The Kier molecular flexibility index (Phi) is 4.36. The zero-order valence-electron chi connectivity index (χ0n) is 19.4. The van der Waals surface area contributed by atoms with E-state index in [0.717, 1.165) is 5.56 Å². The molecular weight excluding hydrogens is 464 g/mol. The molecule has 2 spiro atoms. The van der Waals surface area contributed by atoms with Gasteiger partial charge >= 0.3 is 0 Å². The molecule has 3 aliphatic rings. The minimum atomic E-state index is -2.33. The number of nitrogens with one attached hydrogen (secondary N) is 1. The zero-order chi connectivity index (χ0) is 26.0. The van der Waals surface area contributed by atoms with Crippen molar-refractivity contribution in [2.75, 3.05) is 10.2 Å². The number of amides is 2. The number of hydrogen-bond donors (Lipinski definition) is 2. The van der Waals surface area contributed by atoms with E-state index in [9.17, 15) is 25.4 Å². The topological polar surface area (TPSA) is 147 Å². The largest absolute Gasteiger partial charge is 0.399 e. The van der Waals surface area contributed by atoms with Crippen molar-refractivity contribution in [3.63, 3.8) is 0 Å². The predicted molar refractivity (Wildman–Crippen MR) is 133 cm³/mol. The van der Waals surface area contributed by atoms with Crippen molar-refractivity contribution < 1.29 is 9.59 Å². The highest BCUT2D eigenvalue weighted by molar-refractivity contribution is 6.22. The molecular formula is C29H18N6O2. The van der Waals surface area contributed by atoms with E-state index in [1.807, 2.05) is 48.5 Å². The summed E-state index contributed by atoms with van der Waals surface area (Å²) in [4.78, 5) is 30.5. The number of para-hydroxylation sites is 2. The van der Waals surface area contributed by atoms with Crippen LogP contribution >= 0.6 is 0 Å². The van der Waals surface area contributed by atoms with Gasteiger partial charge in [-0.05, 0) is 28.8 Å². The van der Waals surface area contributed by atoms with Gasteiger partial charge in [-0.25, -0.2) is 0 Å². The van der Waals surface area contributed by atoms with Crippen LogP contribution in [0.1, 0.15) is 16.7 Å². The van der Waals surface area contributed by atoms with Crippen LogP contribution in [0.4, 0.5) is 11.4 Å². The van der Waals surface area contributed by atoms with E-state index in [-0.39, 0.29) is 17.8 Å². The van der Waals surface area contributed by atoms with E-state index >= 15 is 0 Å². The number of nitriles is 3. The Hall–Kier alpha value is -5.39. The molecule has 176 valence electrons. The fraction of sp³-hybridized carbons (Fsp3) is 0.138. The van der Waals surface area contributed by atoms with Gasteiger partial charge < -0.3 is 16.0 Å². The number of nitrogens with two attached hydrogens (primary N) is 1. The van der Waals surface area contributed by atoms with Crippen LogP contribution in [0.3, 0.4) is 0 Å². The highest BCUT2D eigenvalue weighted by atomic mass is 16.2. The van der Waals surface area contributed by atoms with Crippen LogP contribution in [0, 0.1) is 39.4 Å². The Labute approximate surface area is 212 Å². The van der Waals surface area contributed by atoms with Crippen molar-refractivity contribution >= 4 is 23.2 Å². The van der Waals surface area contributed by atoms with Crippen molar-refractivity contribution in [1.82, 2.24) is 0 Å². The van der Waals surface area contributed by atoms with Crippen LogP contribution in [0.2, 0.25) is 0 Å². The standard InChI is InChI=1S/C29H18N6O2/c30-14-21-24(33)27(16-31,17-32)29(28(21)19-10-4-6-12-22(19)34-25(28)36)20-11-5-7-13-23(20)35(26(29)37)15-18-8-2-1-3-9-18/h1-13H,15,33H2,(H,34,36)/t28-,29+/m1/s1. The average Bonchev–Trinajstić information content (AvgIpc) is 3.44. The van der Waals surface area contributed by atoms with Crippen LogP contribution in [0.5, 0.6) is 0 Å². The van der Waals surface area contributed by atoms with Crippen LogP contribution < -0.4 is 16.0 Å². The third-order valence-corrected chi connectivity index (χ3v) is 7.89. The molecule has 0 radical (unpaired) electrons. The van der Waals surface area contributed by atoms with Gasteiger partial charge in [-0.2, -0.15) is 15.8 Å². The smallest absolute Gasteiger partial charge is 0.243 e. The maximum Gasteiger partial charge on any atom is 0.243 e. The third kappa shape index (κ3) is 2.20. The first kappa shape index (κ1) is 22.1. The molecule has 3 aromatic rings. The number of allylic oxidation sites excluding steroid dienone is 1. The molecule has 0 saturated heterocycles. The van der Waals surface area contributed by atoms with E-state index in [4.69, 9.17) is 5.73 Å². The SMILES string of the molecule is N#CC1=C(N)C(C#N)(C#N)[C@]2(C(=O)N(Cc3ccccc3)c3ccccc32)[C@@]12C(=O)Nc1ccccc12. The van der Waals surface area contributed by atoms with Crippen molar-refractivity contribution in [2.45, 2.75) is 17.4 Å². The van der Waals surface area contributed by atoms with Gasteiger partial charge in [-0.1, -0.05) is 66.7 Å². The molecule has 0 unspecified atom stereocenters. The lowest BCUT2D eigenvalue weighted by molar-refractivity contribution is -0.133. The van der Waals surface area contributed by atoms with Gasteiger partial charge in [-0.15, -0.1) is 0 Å². The lowest BCUT2D eigenvalue weighted by atomic mass is 9.50. The molecule has 0 saturated carbocycles. The van der Waals surface area contributed by atoms with Gasteiger partial charge in [0.1, 0.15) is 10.8 Å². The summed E-state index contributed by atoms with van der Waals surface area (Å²) >= 11 is 0. The molecule has 0 bridgehead atoms. The number of carbonyl (C=O) groups is 2. The molecule has 0 aromatic heterocycles. The van der Waals surface area contributed by atoms with Gasteiger partial charge in [0.2, 0.25) is 17.2 Å². The minimum absolute atomic E-state index is 0.131. The van der Waals surface area contributed by atoms with Crippen molar-refractivity contribution in [2.24, 2.45) is 11.1 Å². The Bertz CT molecular complexity index is 1680. The van der Waals surface area contributed by atoms with E-state index in [0.29, 0.717) is 22.5 Å². The van der Waals surface area contributed by atoms with E-state index in [1.165, 1.54) is 4.90 Å². The molecule has 8 heteroatoms. The van der Waals surface area contributed by atoms with Gasteiger partial charge in [0.15, 0.2) is 0 Å². The average molecular weight is 483 g/mol. The second-order valence-corrected chi connectivity index (χ2v) is 9.27. The molecule has 6 rings (SSSR count). The summed E-state index contributed by atoms with van der Waals surface area (Å²) in [5.74, 6) is -1.31. The molecule has 2 heterocycles. The number of carbonyl (C=O) groups excluding carboxylic acids is 2. The highest BCUT2D eigenvalue weighted by Gasteiger charge is 2.84. The van der Waals surface area contributed by atoms with Gasteiger partial charge in [0.05, 0.1) is 36.0 Å². The first-order chi connectivity index (χ1) is 17.9. The molecule has 37 heavy (non-hydrogen) atoms. The summed E-state index contributed by atoms with van der Waals surface area (Å²) in [6, 6.07) is 28.8. The zero-order valence-corrected chi connectivity index (χ0v) is 19.4. The molecule has 2 atom stereocenters. The van der Waals surface area contributed by atoms with Crippen molar-refractivity contribution in [1.29, 1.82) is 15.8 Å². The van der Waals surface area contributed by atoms with E-state index in [1.54, 1.807) is 48.5 Å². The maximum absolute atomic E-state index is 14.9. The number of fused-ring (bicyclic) bond motifs is 5. The second-order valence-electron chi connectivity index (χ2n) is 9.27. The second kappa shape index (κ2) is 7.31. The van der Waals surface area contributed by atoms with Gasteiger partial charge in [0.25, 0.3) is 0 Å². The van der Waals surface area contributed by atoms with Crippen LogP contribution in [-0.4, -0.2) is 11.8 Å². The Morgan fingerprint density at radius 2 is 1.46 bits per heavy atom. The monoisotopic (exact) mass is 482 g/mol. The Morgan fingerprint density at radius 3 is 2.14 bits per heavy atom. The number of hydrogen-bond acceptors (Lipinski definition) is 6. The number of rotatable bonds is 2. The predicted octanol–water partition coefficient (Wildman–Crippen LogP) is 3.14. The number of anilines is 2. The molecule has 3 aromatic carbocycles. The normalized spacial score (nSPS) is 24.4. The fourth-order valence-corrected chi connectivity index (χ4v) is 6.50. The molecule has 3 N–H and O–H groups in total. The molecule has 8 nitrogen and oxygen atoms in total. The first-order valence-electron chi connectivity index (χ1n) is 11.6. The third-order valence-electron chi connectivity index (χ3n) is 7.89. The minimum Gasteiger partial charge on any atom is -0.399 e. The molecule has 1 aliphatic carbocycles. The summed E-state index contributed by atoms with van der Waals surface area (Å²) in [7, 11) is 0. The number of benzene rings is 3. The summed E-state index contributed by atoms with van der Waals surface area (Å²) < 4.78 is 0. The van der Waals surface area contributed by atoms with Gasteiger partial charge in [0, 0.05) is 11.4 Å². The Morgan fingerprint density at radius 1 is 0.838 bits per heavy atom. The quantitative estimate of drug-likeness (QED) is 0.574. The van der Waals surface area contributed by atoms with E-state index in [2.05, 4.69) is 5.32 Å². The van der Waals surface area contributed by atoms with E-state index < -0.39 is 28.1 Å². The summed E-state index contributed by atoms with van der Waals surface area (Å²) in [5, 5.41) is 34.4. The summed E-state index contributed by atoms with van der Waals surface area (Å²) in [5.41, 5.74) is 1.66. The molecule has 0 fully saturated rings. The highest BCUT2D eigenvalue weighted by Crippen LogP contribution is 2.71. The lowest BCUT2D eigenvalue weighted by Gasteiger charge is -2.43. The van der Waals surface area contributed by atoms with Crippen LogP contribution in [0.15, 0.2) is 90.1 Å². The Balaban J connectivity index is 1.78. The first-order valence-corrected chi connectivity index (χ1v) is 11.6. The van der Waals surface area contributed by atoms with Crippen LogP contribution in [-0.2, 0) is 27.0 Å². The fourth-order valence-electron chi connectivity index (χ4n) is 6.50. The summed E-state index contributed by atoms with van der Waals surface area (Å²) in [6.07, 6.45) is 0. The van der Waals surface area contributed by atoms with Crippen molar-refractivity contribution in [3.8, 4) is 18.2 Å². The van der Waals surface area contributed by atoms with Crippen LogP contribution in [0.25, 0.3) is 0 Å². The van der Waals surface area contributed by atoms with Crippen molar-refractivity contribution in [3.05, 3.63) is 107 Å². The summed E-state index contributed by atoms with van der Waals surface area (Å²) in [6.45, 7) is 0.131. The molecule has 2 aliphatic heterocycles. The number of nitrogens with zero attached hydrogens (tertiary/aromatic N) is 4. The lowest BCUT2D eigenvalue weighted by Crippen LogP contribution is -2.63.